The molecular formula is C11H9NO. The van der Waals surface area contributed by atoms with Gasteiger partial charge in [0.15, 0.2) is 6.29 Å². The van der Waals surface area contributed by atoms with Crippen molar-refractivity contribution in [2.45, 2.75) is 6.42 Å². The van der Waals surface area contributed by atoms with Gasteiger partial charge in [-0.25, -0.2) is 0 Å². The smallest absolute Gasteiger partial charge is 0.168 e. The summed E-state index contributed by atoms with van der Waals surface area (Å²) >= 11 is 0. The standard InChI is InChI=1S/C11H9NO/c13-8-11-6-9-4-2-1-3-5-10(9)7-12-11/h1-2,4-8H,3H2. The Kier molecular flexibility index (Phi) is 2.04. The first-order chi connectivity index (χ1) is 6.40. The lowest BCUT2D eigenvalue weighted by Gasteiger charge is -1.90. The summed E-state index contributed by atoms with van der Waals surface area (Å²) in [5.74, 6) is 0. The summed E-state index contributed by atoms with van der Waals surface area (Å²) in [6.45, 7) is 0. The van der Waals surface area contributed by atoms with Crippen LogP contribution in [0.1, 0.15) is 16.9 Å². The number of carbonyl (C=O) groups excluding carboxylic acids is 1. The van der Waals surface area contributed by atoms with E-state index in [1.54, 1.807) is 12.3 Å². The normalized spacial score (nSPS) is 13.5. The third kappa shape index (κ3) is 1.56. The van der Waals surface area contributed by atoms with E-state index in [1.807, 2.05) is 12.2 Å². The van der Waals surface area contributed by atoms with Crippen LogP contribution in [0.5, 0.6) is 0 Å². The first-order valence-corrected chi connectivity index (χ1v) is 4.18. The predicted molar refractivity (Wildman–Crippen MR) is 51.6 cm³/mol. The van der Waals surface area contributed by atoms with E-state index in [9.17, 15) is 4.79 Å². The van der Waals surface area contributed by atoms with E-state index in [-0.39, 0.29) is 0 Å². The highest BCUT2D eigenvalue weighted by molar-refractivity contribution is 5.71. The molecule has 0 fully saturated rings. The van der Waals surface area contributed by atoms with Gasteiger partial charge in [0, 0.05) is 6.20 Å². The van der Waals surface area contributed by atoms with Gasteiger partial charge < -0.3 is 0 Å². The molecule has 0 bridgehead atoms. The molecule has 1 aromatic rings. The zero-order valence-corrected chi connectivity index (χ0v) is 7.10. The fraction of sp³-hybridized carbons (Fsp3) is 0.0909. The Morgan fingerprint density at radius 2 is 2.31 bits per heavy atom. The summed E-state index contributed by atoms with van der Waals surface area (Å²) in [4.78, 5) is 14.5. The SMILES string of the molecule is O=Cc1cc2c(cn1)=CCC=CC=2. The summed E-state index contributed by atoms with van der Waals surface area (Å²) in [6.07, 6.45) is 11.6. The van der Waals surface area contributed by atoms with Crippen molar-refractivity contribution in [2.75, 3.05) is 0 Å². The molecule has 0 spiro atoms. The van der Waals surface area contributed by atoms with Crippen LogP contribution in [-0.2, 0) is 0 Å². The van der Waals surface area contributed by atoms with Gasteiger partial charge in [-0.15, -0.1) is 0 Å². The second kappa shape index (κ2) is 3.35. The van der Waals surface area contributed by atoms with Crippen LogP contribution >= 0.6 is 0 Å². The van der Waals surface area contributed by atoms with Crippen molar-refractivity contribution in [3.8, 4) is 0 Å². The molecule has 2 nitrogen and oxygen atoms in total. The molecule has 1 aliphatic rings. The highest BCUT2D eigenvalue weighted by Gasteiger charge is 1.92. The molecule has 0 unspecified atom stereocenters. The van der Waals surface area contributed by atoms with Crippen molar-refractivity contribution < 1.29 is 4.79 Å². The molecule has 0 amide bonds. The number of aldehydes is 1. The Balaban J connectivity index is 2.74. The van der Waals surface area contributed by atoms with Crippen LogP contribution in [0.25, 0.3) is 12.2 Å². The summed E-state index contributed by atoms with van der Waals surface area (Å²) in [7, 11) is 0. The second-order valence-electron chi connectivity index (χ2n) is 2.89. The van der Waals surface area contributed by atoms with Gasteiger partial charge in [0.1, 0.15) is 5.69 Å². The van der Waals surface area contributed by atoms with Crippen LogP contribution in [0.4, 0.5) is 0 Å². The van der Waals surface area contributed by atoms with E-state index in [2.05, 4.69) is 17.1 Å². The molecule has 0 saturated carbocycles. The number of aromatic nitrogens is 1. The summed E-state index contributed by atoms with van der Waals surface area (Å²) < 4.78 is 0. The van der Waals surface area contributed by atoms with Gasteiger partial charge in [0.2, 0.25) is 0 Å². The molecule has 64 valence electrons. The fourth-order valence-electron chi connectivity index (χ4n) is 1.32. The minimum atomic E-state index is 0.485. The van der Waals surface area contributed by atoms with E-state index in [4.69, 9.17) is 0 Å². The van der Waals surface area contributed by atoms with E-state index >= 15 is 0 Å². The zero-order valence-electron chi connectivity index (χ0n) is 7.10. The van der Waals surface area contributed by atoms with Gasteiger partial charge in [-0.05, 0) is 22.9 Å². The maximum Gasteiger partial charge on any atom is 0.168 e. The molecule has 1 aromatic heterocycles. The number of pyridine rings is 1. The highest BCUT2D eigenvalue weighted by Crippen LogP contribution is 1.89. The third-order valence-corrected chi connectivity index (χ3v) is 2.00. The van der Waals surface area contributed by atoms with E-state index in [0.717, 1.165) is 23.1 Å². The summed E-state index contributed by atoms with van der Waals surface area (Å²) in [6, 6.07) is 1.80. The molecule has 1 aliphatic carbocycles. The summed E-state index contributed by atoms with van der Waals surface area (Å²) in [5, 5.41) is 2.15. The van der Waals surface area contributed by atoms with E-state index in [1.165, 1.54) is 0 Å². The van der Waals surface area contributed by atoms with Gasteiger partial charge >= 0.3 is 0 Å². The number of rotatable bonds is 1. The number of fused-ring (bicyclic) bond motifs is 1. The lowest BCUT2D eigenvalue weighted by molar-refractivity contribution is 0.111. The Bertz CT molecular complexity index is 471. The first-order valence-electron chi connectivity index (χ1n) is 4.18. The van der Waals surface area contributed by atoms with Crippen molar-refractivity contribution in [1.82, 2.24) is 4.98 Å². The Labute approximate surface area is 75.9 Å². The molecule has 0 N–H and O–H groups in total. The molecule has 0 saturated heterocycles. The van der Waals surface area contributed by atoms with Crippen LogP contribution in [0.3, 0.4) is 0 Å². The molecule has 2 rings (SSSR count). The van der Waals surface area contributed by atoms with Gasteiger partial charge in [-0.1, -0.05) is 24.3 Å². The first kappa shape index (κ1) is 7.92. The quantitative estimate of drug-likeness (QED) is 0.573. The van der Waals surface area contributed by atoms with Crippen LogP contribution in [0.15, 0.2) is 24.4 Å². The van der Waals surface area contributed by atoms with Crippen LogP contribution < -0.4 is 10.4 Å². The van der Waals surface area contributed by atoms with E-state index in [0.29, 0.717) is 5.69 Å². The molecule has 0 aromatic carbocycles. The van der Waals surface area contributed by atoms with Gasteiger partial charge in [0.05, 0.1) is 0 Å². The number of allylic oxidation sites excluding steroid dienone is 2. The van der Waals surface area contributed by atoms with Crippen molar-refractivity contribution >= 4 is 18.4 Å². The Hall–Kier alpha value is -1.70. The van der Waals surface area contributed by atoms with Crippen molar-refractivity contribution in [2.24, 2.45) is 0 Å². The van der Waals surface area contributed by atoms with Crippen molar-refractivity contribution in [3.05, 3.63) is 40.5 Å². The van der Waals surface area contributed by atoms with Crippen molar-refractivity contribution in [1.29, 1.82) is 0 Å². The molecule has 13 heavy (non-hydrogen) atoms. The van der Waals surface area contributed by atoms with Crippen LogP contribution in [0, 0.1) is 0 Å². The van der Waals surface area contributed by atoms with Gasteiger partial charge in [0.25, 0.3) is 0 Å². The largest absolute Gasteiger partial charge is 0.296 e. The molecule has 2 heteroatoms. The molecular weight excluding hydrogens is 162 g/mol. The molecule has 0 atom stereocenters. The van der Waals surface area contributed by atoms with Gasteiger partial charge in [-0.3, -0.25) is 9.78 Å². The number of carbonyl (C=O) groups is 1. The average Bonchev–Trinajstić information content (AvgIpc) is 2.41. The molecule has 0 aliphatic heterocycles. The highest BCUT2D eigenvalue weighted by atomic mass is 16.1. The van der Waals surface area contributed by atoms with E-state index < -0.39 is 0 Å². The monoisotopic (exact) mass is 171 g/mol. The number of hydrogen-bond donors (Lipinski definition) is 0. The lowest BCUT2D eigenvalue weighted by Crippen LogP contribution is -2.25. The molecule has 1 heterocycles. The molecule has 0 radical (unpaired) electrons. The number of hydrogen-bond acceptors (Lipinski definition) is 2. The fourth-order valence-corrected chi connectivity index (χ4v) is 1.32. The van der Waals surface area contributed by atoms with Crippen LogP contribution in [0.2, 0.25) is 0 Å². The Morgan fingerprint density at radius 3 is 3.15 bits per heavy atom. The van der Waals surface area contributed by atoms with Crippen molar-refractivity contribution in [3.63, 3.8) is 0 Å². The second-order valence-corrected chi connectivity index (χ2v) is 2.89. The topological polar surface area (TPSA) is 30.0 Å². The summed E-state index contributed by atoms with van der Waals surface area (Å²) in [5.41, 5.74) is 0.485. The zero-order chi connectivity index (χ0) is 9.10. The van der Waals surface area contributed by atoms with Crippen LogP contribution in [-0.4, -0.2) is 11.3 Å². The van der Waals surface area contributed by atoms with Gasteiger partial charge in [-0.2, -0.15) is 0 Å². The Morgan fingerprint density at radius 1 is 1.38 bits per heavy atom. The lowest BCUT2D eigenvalue weighted by atomic mass is 10.2. The number of nitrogens with zero attached hydrogens (tertiary/aromatic N) is 1. The maximum atomic E-state index is 10.5. The minimum absolute atomic E-state index is 0.485. The predicted octanol–water partition coefficient (Wildman–Crippen LogP) is 0.415. The third-order valence-electron chi connectivity index (χ3n) is 2.00. The maximum absolute atomic E-state index is 10.5. The average molecular weight is 171 g/mol. The minimum Gasteiger partial charge on any atom is -0.296 e.